The van der Waals surface area contributed by atoms with Crippen LogP contribution in [0.4, 0.5) is 0 Å². The Labute approximate surface area is 172 Å². The number of piperidine rings is 1. The van der Waals surface area contributed by atoms with E-state index in [0.717, 1.165) is 24.8 Å². The van der Waals surface area contributed by atoms with E-state index in [9.17, 15) is 14.7 Å². The third kappa shape index (κ3) is 3.47. The fourth-order valence-corrected chi connectivity index (χ4v) is 5.64. The molecule has 1 aromatic rings. The molecule has 6 heteroatoms. The van der Waals surface area contributed by atoms with E-state index in [-0.39, 0.29) is 35.0 Å². The maximum absolute atomic E-state index is 13.1. The molecule has 4 rings (SSSR count). The smallest absolute Gasteiger partial charge is 0.257 e. The molecule has 0 radical (unpaired) electrons. The van der Waals surface area contributed by atoms with Crippen LogP contribution < -0.4 is 10.5 Å². The van der Waals surface area contributed by atoms with Crippen molar-refractivity contribution >= 4 is 11.8 Å². The Morgan fingerprint density at radius 3 is 2.52 bits per heavy atom. The quantitative estimate of drug-likeness (QED) is 0.795. The standard InChI is InChI=1S/C23H32N2O4/c1-13-4-6-17-16(12-13)19-18(29-23(17,2)3)7-5-15(20(19)26)22(28)25-10-8-14(9-11-25)21(24)27/h5,7,13-14,16-17,26H,4,6,8-12H2,1-3H3,(H2,24,27)/t13-,16-,17-/m1/s1. The van der Waals surface area contributed by atoms with Crippen LogP contribution in [0.5, 0.6) is 11.5 Å². The van der Waals surface area contributed by atoms with Gasteiger partial charge in [-0.25, -0.2) is 0 Å². The van der Waals surface area contributed by atoms with Crippen LogP contribution in [-0.4, -0.2) is 40.5 Å². The van der Waals surface area contributed by atoms with Crippen molar-refractivity contribution in [2.75, 3.05) is 13.1 Å². The summed E-state index contributed by atoms with van der Waals surface area (Å²) in [6.07, 6.45) is 4.38. The fourth-order valence-electron chi connectivity index (χ4n) is 5.64. The van der Waals surface area contributed by atoms with E-state index in [1.807, 2.05) is 6.07 Å². The highest BCUT2D eigenvalue weighted by Gasteiger charge is 2.47. The number of rotatable bonds is 2. The number of nitrogens with two attached hydrogens (primary N) is 1. The molecule has 0 unspecified atom stereocenters. The van der Waals surface area contributed by atoms with Gasteiger partial charge < -0.3 is 20.5 Å². The summed E-state index contributed by atoms with van der Waals surface area (Å²) in [5, 5.41) is 11.2. The van der Waals surface area contributed by atoms with Gasteiger partial charge in [0.2, 0.25) is 5.91 Å². The van der Waals surface area contributed by atoms with Gasteiger partial charge in [0.15, 0.2) is 0 Å². The molecule has 1 aliphatic carbocycles. The number of carbonyl (C=O) groups excluding carboxylic acids is 2. The molecule has 2 amide bonds. The number of hydrogen-bond acceptors (Lipinski definition) is 4. The van der Waals surface area contributed by atoms with Crippen molar-refractivity contribution < 1.29 is 19.4 Å². The highest BCUT2D eigenvalue weighted by molar-refractivity contribution is 5.98. The predicted octanol–water partition coefficient (Wildman–Crippen LogP) is 3.42. The molecule has 3 atom stereocenters. The maximum atomic E-state index is 13.1. The SMILES string of the molecule is C[C@@H]1CC[C@@H]2[C@@H](C1)c1c(ccc(C(=O)N3CCC(C(N)=O)CC3)c1O)OC2(C)C. The molecule has 158 valence electrons. The van der Waals surface area contributed by atoms with Gasteiger partial charge in [-0.15, -0.1) is 0 Å². The van der Waals surface area contributed by atoms with Crippen LogP contribution in [0, 0.1) is 17.8 Å². The Kier molecular flexibility index (Phi) is 4.99. The van der Waals surface area contributed by atoms with Gasteiger partial charge >= 0.3 is 0 Å². The summed E-state index contributed by atoms with van der Waals surface area (Å²) in [5.74, 6) is 1.24. The van der Waals surface area contributed by atoms with Gasteiger partial charge in [0.05, 0.1) is 5.56 Å². The number of benzene rings is 1. The Balaban J connectivity index is 1.64. The van der Waals surface area contributed by atoms with Crippen molar-refractivity contribution in [1.82, 2.24) is 4.90 Å². The average molecular weight is 401 g/mol. The molecule has 2 aliphatic heterocycles. The number of fused-ring (bicyclic) bond motifs is 3. The Hall–Kier alpha value is -2.24. The van der Waals surface area contributed by atoms with Gasteiger partial charge in [0.1, 0.15) is 17.1 Å². The lowest BCUT2D eigenvalue weighted by atomic mass is 9.64. The van der Waals surface area contributed by atoms with Crippen molar-refractivity contribution in [2.45, 2.75) is 64.4 Å². The average Bonchev–Trinajstić information content (AvgIpc) is 2.67. The number of carbonyl (C=O) groups is 2. The largest absolute Gasteiger partial charge is 0.507 e. The molecule has 0 bridgehead atoms. The van der Waals surface area contributed by atoms with Gasteiger partial charge in [-0.1, -0.05) is 13.3 Å². The van der Waals surface area contributed by atoms with E-state index in [0.29, 0.717) is 49.1 Å². The summed E-state index contributed by atoms with van der Waals surface area (Å²) in [7, 11) is 0. The lowest BCUT2D eigenvalue weighted by Crippen LogP contribution is -2.47. The van der Waals surface area contributed by atoms with Crippen LogP contribution in [0.2, 0.25) is 0 Å². The molecular formula is C23H32N2O4. The summed E-state index contributed by atoms with van der Waals surface area (Å²) in [5.41, 5.74) is 6.25. The molecule has 1 saturated carbocycles. The second-order valence-corrected chi connectivity index (χ2v) is 9.68. The summed E-state index contributed by atoms with van der Waals surface area (Å²) >= 11 is 0. The molecule has 2 fully saturated rings. The van der Waals surface area contributed by atoms with Crippen LogP contribution in [0.15, 0.2) is 12.1 Å². The lowest BCUT2D eigenvalue weighted by molar-refractivity contribution is -0.123. The minimum atomic E-state index is -0.300. The van der Waals surface area contributed by atoms with Crippen LogP contribution in [0.3, 0.4) is 0 Å². The molecule has 0 spiro atoms. The number of likely N-dealkylation sites (tertiary alicyclic amines) is 1. The van der Waals surface area contributed by atoms with E-state index in [2.05, 4.69) is 20.8 Å². The van der Waals surface area contributed by atoms with Crippen molar-refractivity contribution in [1.29, 1.82) is 0 Å². The molecule has 6 nitrogen and oxygen atoms in total. The van der Waals surface area contributed by atoms with Gasteiger partial charge in [-0.05, 0) is 63.5 Å². The highest BCUT2D eigenvalue weighted by Crippen LogP contribution is 2.55. The van der Waals surface area contributed by atoms with Crippen LogP contribution >= 0.6 is 0 Å². The number of aromatic hydroxyl groups is 1. The maximum Gasteiger partial charge on any atom is 0.257 e. The molecule has 29 heavy (non-hydrogen) atoms. The van der Waals surface area contributed by atoms with E-state index >= 15 is 0 Å². The minimum Gasteiger partial charge on any atom is -0.507 e. The van der Waals surface area contributed by atoms with Gasteiger partial charge in [0.25, 0.3) is 5.91 Å². The number of phenolic OH excluding ortho intramolecular Hbond substituents is 1. The second kappa shape index (κ2) is 7.22. The van der Waals surface area contributed by atoms with Gasteiger partial charge in [-0.3, -0.25) is 9.59 Å². The molecular weight excluding hydrogens is 368 g/mol. The van der Waals surface area contributed by atoms with Crippen molar-refractivity contribution in [3.63, 3.8) is 0 Å². The summed E-state index contributed by atoms with van der Waals surface area (Å²) in [4.78, 5) is 26.3. The van der Waals surface area contributed by atoms with Crippen LogP contribution in [0.1, 0.15) is 74.7 Å². The minimum absolute atomic E-state index is 0.0733. The lowest BCUT2D eigenvalue weighted by Gasteiger charge is -2.49. The molecule has 3 N–H and O–H groups in total. The molecule has 1 saturated heterocycles. The Morgan fingerprint density at radius 2 is 1.86 bits per heavy atom. The number of primary amides is 1. The zero-order valence-corrected chi connectivity index (χ0v) is 17.6. The number of ether oxygens (including phenoxy) is 1. The third-order valence-electron chi connectivity index (χ3n) is 7.34. The van der Waals surface area contributed by atoms with E-state index in [1.165, 1.54) is 0 Å². The molecule has 3 aliphatic rings. The number of phenols is 1. The zero-order valence-electron chi connectivity index (χ0n) is 17.6. The van der Waals surface area contributed by atoms with Gasteiger partial charge in [0, 0.05) is 30.5 Å². The number of hydrogen-bond donors (Lipinski definition) is 2. The number of nitrogens with zero attached hydrogens (tertiary/aromatic N) is 1. The normalized spacial score (nSPS) is 28.8. The summed E-state index contributed by atoms with van der Waals surface area (Å²) < 4.78 is 6.29. The summed E-state index contributed by atoms with van der Waals surface area (Å²) in [6.45, 7) is 7.48. The first kappa shape index (κ1) is 20.0. The monoisotopic (exact) mass is 400 g/mol. The predicted molar refractivity (Wildman–Crippen MR) is 110 cm³/mol. The Morgan fingerprint density at radius 1 is 1.17 bits per heavy atom. The Bertz CT molecular complexity index is 826. The van der Waals surface area contributed by atoms with Crippen molar-refractivity contribution in [3.8, 4) is 11.5 Å². The zero-order chi connectivity index (χ0) is 20.9. The molecule has 0 aromatic heterocycles. The van der Waals surface area contributed by atoms with Crippen LogP contribution in [-0.2, 0) is 4.79 Å². The van der Waals surface area contributed by atoms with Crippen molar-refractivity contribution in [3.05, 3.63) is 23.3 Å². The summed E-state index contributed by atoms with van der Waals surface area (Å²) in [6, 6.07) is 3.52. The van der Waals surface area contributed by atoms with E-state index in [1.54, 1.807) is 11.0 Å². The van der Waals surface area contributed by atoms with E-state index < -0.39 is 0 Å². The highest BCUT2D eigenvalue weighted by atomic mass is 16.5. The molecule has 2 heterocycles. The van der Waals surface area contributed by atoms with Gasteiger partial charge in [-0.2, -0.15) is 0 Å². The van der Waals surface area contributed by atoms with Crippen LogP contribution in [0.25, 0.3) is 0 Å². The first-order chi connectivity index (χ1) is 13.7. The third-order valence-corrected chi connectivity index (χ3v) is 7.34. The van der Waals surface area contributed by atoms with Crippen molar-refractivity contribution in [2.24, 2.45) is 23.5 Å². The fraction of sp³-hybridized carbons (Fsp3) is 0.652. The number of amides is 2. The topological polar surface area (TPSA) is 92.9 Å². The van der Waals surface area contributed by atoms with E-state index in [4.69, 9.17) is 10.5 Å². The first-order valence-electron chi connectivity index (χ1n) is 10.8. The first-order valence-corrected chi connectivity index (χ1v) is 10.8. The second-order valence-electron chi connectivity index (χ2n) is 9.68. The molecule has 1 aromatic carbocycles.